The van der Waals surface area contributed by atoms with Crippen LogP contribution >= 0.6 is 0 Å². The van der Waals surface area contributed by atoms with Gasteiger partial charge >= 0.3 is 0 Å². The summed E-state index contributed by atoms with van der Waals surface area (Å²) in [6.45, 7) is 6.62. The molecule has 3 nitrogen and oxygen atoms in total. The summed E-state index contributed by atoms with van der Waals surface area (Å²) in [5, 5.41) is 0. The fourth-order valence-electron chi connectivity index (χ4n) is 4.43. The number of aromatic nitrogens is 1. The minimum atomic E-state index is 0.368. The molecule has 1 N–H and O–H groups in total. The number of hydrogen-bond acceptors (Lipinski definition) is 2. The first kappa shape index (κ1) is 19.9. The maximum absolute atomic E-state index is 3.69. The summed E-state index contributed by atoms with van der Waals surface area (Å²) in [5.41, 5.74) is 5.50. The second-order valence-corrected chi connectivity index (χ2v) is 8.48. The molecule has 1 aromatic heterocycles. The number of aromatic amines is 1. The molecule has 1 atom stereocenters. The van der Waals surface area contributed by atoms with Crippen molar-refractivity contribution in [1.29, 1.82) is 0 Å². The van der Waals surface area contributed by atoms with Gasteiger partial charge in [0.1, 0.15) is 0 Å². The molecule has 4 rings (SSSR count). The lowest BCUT2D eigenvalue weighted by atomic mass is 9.89. The van der Waals surface area contributed by atoms with Crippen LogP contribution in [0.4, 0.5) is 0 Å². The Bertz CT molecular complexity index is 863. The molecular weight excluding hydrogens is 354 g/mol. The van der Waals surface area contributed by atoms with Crippen molar-refractivity contribution in [3.8, 4) is 0 Å². The number of rotatable bonds is 7. The molecule has 3 heteroatoms. The smallest absolute Gasteiger partial charge is 0.0470 e. The Balaban J connectivity index is 1.29. The zero-order valence-corrected chi connectivity index (χ0v) is 17.7. The summed E-state index contributed by atoms with van der Waals surface area (Å²) in [5.74, 6) is 0.721. The van der Waals surface area contributed by atoms with Crippen LogP contribution in [0.3, 0.4) is 0 Å². The van der Waals surface area contributed by atoms with Gasteiger partial charge in [0, 0.05) is 30.5 Å². The van der Waals surface area contributed by atoms with E-state index in [-0.39, 0.29) is 0 Å². The van der Waals surface area contributed by atoms with Crippen LogP contribution in [0.1, 0.15) is 54.2 Å². The van der Waals surface area contributed by atoms with E-state index in [4.69, 9.17) is 0 Å². The van der Waals surface area contributed by atoms with E-state index in [1.165, 1.54) is 48.4 Å². The zero-order valence-electron chi connectivity index (χ0n) is 17.7. The summed E-state index contributed by atoms with van der Waals surface area (Å²) < 4.78 is 0. The lowest BCUT2D eigenvalue weighted by Crippen LogP contribution is -2.32. The number of piperidine rings is 1. The second-order valence-electron chi connectivity index (χ2n) is 8.48. The van der Waals surface area contributed by atoms with Gasteiger partial charge in [0.2, 0.25) is 0 Å². The molecule has 1 unspecified atom stereocenters. The summed E-state index contributed by atoms with van der Waals surface area (Å²) >= 11 is 0. The van der Waals surface area contributed by atoms with Gasteiger partial charge in [-0.25, -0.2) is 0 Å². The van der Waals surface area contributed by atoms with Crippen LogP contribution in [0.5, 0.6) is 0 Å². The number of benzene rings is 2. The number of nitrogens with one attached hydrogen (secondary N) is 1. The van der Waals surface area contributed by atoms with Crippen molar-refractivity contribution in [1.82, 2.24) is 14.8 Å². The van der Waals surface area contributed by atoms with Gasteiger partial charge in [-0.2, -0.15) is 0 Å². The molecule has 0 radical (unpaired) electrons. The molecule has 2 heterocycles. The number of nitrogens with zero attached hydrogens (tertiary/aromatic N) is 2. The summed E-state index contributed by atoms with van der Waals surface area (Å²) in [4.78, 5) is 8.68. The molecule has 152 valence electrons. The fraction of sp³-hybridized carbons (Fsp3) is 0.385. The van der Waals surface area contributed by atoms with Crippen LogP contribution in [0.25, 0.3) is 0 Å². The van der Waals surface area contributed by atoms with E-state index >= 15 is 0 Å². The molecule has 0 saturated carbocycles. The van der Waals surface area contributed by atoms with Crippen LogP contribution in [-0.4, -0.2) is 34.9 Å². The van der Waals surface area contributed by atoms with Gasteiger partial charge in [0.15, 0.2) is 0 Å². The minimum absolute atomic E-state index is 0.368. The van der Waals surface area contributed by atoms with Crippen LogP contribution in [0.2, 0.25) is 0 Å². The van der Waals surface area contributed by atoms with Gasteiger partial charge < -0.3 is 4.98 Å². The third kappa shape index (κ3) is 5.17. The highest BCUT2D eigenvalue weighted by Gasteiger charge is 2.21. The first-order chi connectivity index (χ1) is 14.2. The van der Waals surface area contributed by atoms with E-state index in [9.17, 15) is 0 Å². The van der Waals surface area contributed by atoms with Crippen LogP contribution < -0.4 is 0 Å². The van der Waals surface area contributed by atoms with E-state index in [0.717, 1.165) is 19.0 Å². The molecule has 2 aromatic carbocycles. The van der Waals surface area contributed by atoms with E-state index in [2.05, 4.69) is 102 Å². The molecule has 1 aliphatic heterocycles. The SMILES string of the molecule is CC(c1ccc(CN2CCC(c3ccccc3)CC2)[nH]1)N(C)Cc1ccccc1. The molecule has 1 fully saturated rings. The van der Waals surface area contributed by atoms with Crippen molar-refractivity contribution in [2.75, 3.05) is 20.1 Å². The standard InChI is InChI=1S/C26H33N3/c1-21(28(2)19-22-9-5-3-6-10-22)26-14-13-25(27-26)20-29-17-15-24(16-18-29)23-11-7-4-8-12-23/h3-14,21,24,27H,15-20H2,1-2H3. The highest BCUT2D eigenvalue weighted by atomic mass is 15.1. The highest BCUT2D eigenvalue weighted by molar-refractivity contribution is 5.21. The Hall–Kier alpha value is -2.36. The van der Waals surface area contributed by atoms with Crippen molar-refractivity contribution in [2.24, 2.45) is 0 Å². The topological polar surface area (TPSA) is 22.3 Å². The third-order valence-electron chi connectivity index (χ3n) is 6.41. The Labute approximate surface area is 175 Å². The quantitative estimate of drug-likeness (QED) is 0.571. The van der Waals surface area contributed by atoms with Gasteiger partial charge in [0.05, 0.1) is 0 Å². The summed E-state index contributed by atoms with van der Waals surface area (Å²) in [7, 11) is 2.20. The van der Waals surface area contributed by atoms with Crippen molar-refractivity contribution >= 4 is 0 Å². The minimum Gasteiger partial charge on any atom is -0.360 e. The van der Waals surface area contributed by atoms with Crippen molar-refractivity contribution < 1.29 is 0 Å². The first-order valence-electron chi connectivity index (χ1n) is 10.9. The predicted octanol–water partition coefficient (Wildman–Crippen LogP) is 5.59. The van der Waals surface area contributed by atoms with Crippen molar-refractivity contribution in [2.45, 2.75) is 44.8 Å². The Kier molecular flexibility index (Phi) is 6.48. The molecule has 3 aromatic rings. The molecule has 1 aliphatic rings. The fourth-order valence-corrected chi connectivity index (χ4v) is 4.43. The monoisotopic (exact) mass is 387 g/mol. The van der Waals surface area contributed by atoms with Crippen LogP contribution in [0, 0.1) is 0 Å². The largest absolute Gasteiger partial charge is 0.360 e. The maximum atomic E-state index is 3.69. The summed E-state index contributed by atoms with van der Waals surface area (Å²) in [6.07, 6.45) is 2.52. The summed E-state index contributed by atoms with van der Waals surface area (Å²) in [6, 6.07) is 26.6. The van der Waals surface area contributed by atoms with Gasteiger partial charge in [-0.1, -0.05) is 60.7 Å². The van der Waals surface area contributed by atoms with Crippen molar-refractivity contribution in [3.05, 3.63) is 95.3 Å². The Morgan fingerprint density at radius 2 is 1.59 bits per heavy atom. The maximum Gasteiger partial charge on any atom is 0.0470 e. The van der Waals surface area contributed by atoms with E-state index in [0.29, 0.717) is 6.04 Å². The molecule has 0 spiro atoms. The van der Waals surface area contributed by atoms with Crippen LogP contribution in [-0.2, 0) is 13.1 Å². The number of H-pyrrole nitrogens is 1. The van der Waals surface area contributed by atoms with E-state index in [1.807, 2.05) is 0 Å². The molecule has 0 amide bonds. The van der Waals surface area contributed by atoms with Crippen molar-refractivity contribution in [3.63, 3.8) is 0 Å². The lowest BCUT2D eigenvalue weighted by Gasteiger charge is -2.32. The molecule has 29 heavy (non-hydrogen) atoms. The van der Waals surface area contributed by atoms with Crippen LogP contribution in [0.15, 0.2) is 72.8 Å². The molecule has 0 bridgehead atoms. The lowest BCUT2D eigenvalue weighted by molar-refractivity contribution is 0.202. The third-order valence-corrected chi connectivity index (χ3v) is 6.41. The average Bonchev–Trinajstić information content (AvgIpc) is 3.23. The highest BCUT2D eigenvalue weighted by Crippen LogP contribution is 2.28. The first-order valence-corrected chi connectivity index (χ1v) is 10.9. The van der Waals surface area contributed by atoms with Gasteiger partial charge in [-0.3, -0.25) is 9.80 Å². The number of hydrogen-bond donors (Lipinski definition) is 1. The number of likely N-dealkylation sites (tertiary alicyclic amines) is 1. The Morgan fingerprint density at radius 3 is 2.28 bits per heavy atom. The van der Waals surface area contributed by atoms with E-state index in [1.54, 1.807) is 0 Å². The van der Waals surface area contributed by atoms with E-state index < -0.39 is 0 Å². The normalized spacial score (nSPS) is 16.9. The molecular formula is C26H33N3. The Morgan fingerprint density at radius 1 is 0.931 bits per heavy atom. The van der Waals surface area contributed by atoms with Gasteiger partial charge in [-0.15, -0.1) is 0 Å². The molecule has 0 aliphatic carbocycles. The second kappa shape index (κ2) is 9.43. The molecule has 1 saturated heterocycles. The van der Waals surface area contributed by atoms with Gasteiger partial charge in [-0.05, 0) is 69.1 Å². The van der Waals surface area contributed by atoms with Gasteiger partial charge in [0.25, 0.3) is 0 Å². The zero-order chi connectivity index (χ0) is 20.1. The average molecular weight is 388 g/mol. The predicted molar refractivity (Wildman–Crippen MR) is 121 cm³/mol.